The van der Waals surface area contributed by atoms with Gasteiger partial charge in [-0.2, -0.15) is 0 Å². The number of pyridine rings is 1. The summed E-state index contributed by atoms with van der Waals surface area (Å²) in [5.41, 5.74) is 1.01. The molecule has 1 aromatic heterocycles. The van der Waals surface area contributed by atoms with Crippen LogP contribution >= 0.6 is 0 Å². The summed E-state index contributed by atoms with van der Waals surface area (Å²) >= 11 is 0. The normalized spacial score (nSPS) is 31.2. The molecule has 1 saturated carbocycles. The molecule has 29 heavy (non-hydrogen) atoms. The van der Waals surface area contributed by atoms with Crippen LogP contribution in [0.1, 0.15) is 38.2 Å². The van der Waals surface area contributed by atoms with E-state index in [2.05, 4.69) is 27.0 Å². The number of carbonyl (C=O) groups excluding carboxylic acids is 1. The quantitative estimate of drug-likeness (QED) is 0.791. The van der Waals surface area contributed by atoms with E-state index in [9.17, 15) is 4.79 Å². The number of likely N-dealkylation sites (tertiary alicyclic amines) is 1. The maximum Gasteiger partial charge on any atom is 0.227 e. The molecular formula is C23H36N4O2. The molecule has 2 saturated heterocycles. The zero-order chi connectivity index (χ0) is 20.1. The van der Waals surface area contributed by atoms with E-state index >= 15 is 0 Å². The Kier molecular flexibility index (Phi) is 6.83. The van der Waals surface area contributed by atoms with Gasteiger partial charge in [0.05, 0.1) is 18.6 Å². The molecule has 0 spiro atoms. The number of amides is 1. The smallest absolute Gasteiger partial charge is 0.227 e. The lowest BCUT2D eigenvalue weighted by Gasteiger charge is -2.53. The van der Waals surface area contributed by atoms with Crippen molar-refractivity contribution >= 4 is 5.91 Å². The van der Waals surface area contributed by atoms with E-state index in [4.69, 9.17) is 4.74 Å². The van der Waals surface area contributed by atoms with Crippen molar-refractivity contribution in [2.24, 2.45) is 11.3 Å². The highest BCUT2D eigenvalue weighted by Crippen LogP contribution is 2.47. The summed E-state index contributed by atoms with van der Waals surface area (Å²) in [6.45, 7) is 9.80. The average Bonchev–Trinajstić information content (AvgIpc) is 2.79. The standard InChI is InChI=1S/C23H36N4O2/c1-2-26-12-7-20-17-21(27-13-15-29-16-14-27)3-8-23(20,18-26)22(28)25-11-6-19-4-9-24-10-5-19/h4-5,9-10,20-21H,2-3,6-8,11-18H2,1H3,(H,25,28)/t20-,21+,23-/m1/s1. The lowest BCUT2D eigenvalue weighted by atomic mass is 9.61. The third kappa shape index (κ3) is 4.65. The van der Waals surface area contributed by atoms with Crippen molar-refractivity contribution in [1.82, 2.24) is 20.1 Å². The highest BCUT2D eigenvalue weighted by atomic mass is 16.5. The molecule has 3 aliphatic rings. The third-order valence-corrected chi connectivity index (χ3v) is 7.47. The number of rotatable bonds is 6. The molecule has 3 atom stereocenters. The molecule has 1 amide bonds. The van der Waals surface area contributed by atoms with Gasteiger partial charge in [-0.1, -0.05) is 6.92 Å². The number of morpholine rings is 1. The molecule has 6 nitrogen and oxygen atoms in total. The second-order valence-electron chi connectivity index (χ2n) is 8.95. The summed E-state index contributed by atoms with van der Waals surface area (Å²) < 4.78 is 5.55. The number of fused-ring (bicyclic) bond motifs is 1. The topological polar surface area (TPSA) is 57.7 Å². The van der Waals surface area contributed by atoms with E-state index in [-0.39, 0.29) is 11.3 Å². The van der Waals surface area contributed by atoms with E-state index < -0.39 is 0 Å². The summed E-state index contributed by atoms with van der Waals surface area (Å²) in [5.74, 6) is 0.781. The summed E-state index contributed by atoms with van der Waals surface area (Å²) in [7, 11) is 0. The van der Waals surface area contributed by atoms with Crippen molar-refractivity contribution in [3.05, 3.63) is 30.1 Å². The van der Waals surface area contributed by atoms with Crippen LogP contribution in [0.3, 0.4) is 0 Å². The Bertz CT molecular complexity index is 664. The van der Waals surface area contributed by atoms with Crippen LogP contribution in [0.4, 0.5) is 0 Å². The van der Waals surface area contributed by atoms with Crippen LogP contribution < -0.4 is 5.32 Å². The van der Waals surface area contributed by atoms with E-state index in [1.54, 1.807) is 0 Å². The minimum atomic E-state index is -0.213. The first-order valence-corrected chi connectivity index (χ1v) is 11.4. The number of piperidine rings is 1. The predicted octanol–water partition coefficient (Wildman–Crippen LogP) is 1.95. The van der Waals surface area contributed by atoms with Gasteiger partial charge in [-0.05, 0) is 68.8 Å². The van der Waals surface area contributed by atoms with Gasteiger partial charge >= 0.3 is 0 Å². The molecule has 0 unspecified atom stereocenters. The number of aromatic nitrogens is 1. The SMILES string of the molecule is CCN1CC[C@@H]2C[C@@H](N3CCOCC3)CC[C@@]2(C(=O)NCCc2ccncc2)C1. The Morgan fingerprint density at radius 1 is 1.24 bits per heavy atom. The predicted molar refractivity (Wildman–Crippen MR) is 114 cm³/mol. The van der Waals surface area contributed by atoms with Gasteiger partial charge in [-0.15, -0.1) is 0 Å². The van der Waals surface area contributed by atoms with Crippen molar-refractivity contribution in [3.63, 3.8) is 0 Å². The number of nitrogens with one attached hydrogen (secondary N) is 1. The third-order valence-electron chi connectivity index (χ3n) is 7.47. The largest absolute Gasteiger partial charge is 0.379 e. The van der Waals surface area contributed by atoms with Crippen LogP contribution in [-0.2, 0) is 16.0 Å². The van der Waals surface area contributed by atoms with Gasteiger partial charge in [0.25, 0.3) is 0 Å². The molecule has 6 heteroatoms. The Labute approximate surface area is 175 Å². The van der Waals surface area contributed by atoms with Gasteiger partial charge in [0.1, 0.15) is 0 Å². The van der Waals surface area contributed by atoms with Gasteiger partial charge in [-0.25, -0.2) is 0 Å². The molecule has 0 aromatic carbocycles. The van der Waals surface area contributed by atoms with Crippen LogP contribution in [0.5, 0.6) is 0 Å². The van der Waals surface area contributed by atoms with E-state index in [1.807, 2.05) is 24.5 Å². The maximum atomic E-state index is 13.5. The minimum absolute atomic E-state index is 0.213. The lowest BCUT2D eigenvalue weighted by molar-refractivity contribution is -0.144. The summed E-state index contributed by atoms with van der Waals surface area (Å²) in [4.78, 5) is 22.7. The lowest BCUT2D eigenvalue weighted by Crippen LogP contribution is -2.61. The summed E-state index contributed by atoms with van der Waals surface area (Å²) in [6.07, 6.45) is 8.95. The fourth-order valence-electron chi connectivity index (χ4n) is 5.68. The average molecular weight is 401 g/mol. The molecule has 0 radical (unpaired) electrons. The maximum absolute atomic E-state index is 13.5. The van der Waals surface area contributed by atoms with Gasteiger partial charge in [-0.3, -0.25) is 14.7 Å². The molecule has 2 aliphatic heterocycles. The van der Waals surface area contributed by atoms with Crippen LogP contribution in [0.2, 0.25) is 0 Å². The van der Waals surface area contributed by atoms with E-state index in [0.29, 0.717) is 18.5 Å². The fraction of sp³-hybridized carbons (Fsp3) is 0.739. The number of ether oxygens (including phenoxy) is 1. The molecule has 1 N–H and O–H groups in total. The first kappa shape index (κ1) is 20.8. The Morgan fingerprint density at radius 3 is 2.79 bits per heavy atom. The number of carbonyl (C=O) groups is 1. The van der Waals surface area contributed by atoms with E-state index in [0.717, 1.165) is 78.0 Å². The molecule has 3 heterocycles. The summed E-state index contributed by atoms with van der Waals surface area (Å²) in [5, 5.41) is 3.31. The molecular weight excluding hydrogens is 364 g/mol. The van der Waals surface area contributed by atoms with Crippen molar-refractivity contribution < 1.29 is 9.53 Å². The van der Waals surface area contributed by atoms with Gasteiger partial charge < -0.3 is 15.0 Å². The van der Waals surface area contributed by atoms with Gasteiger partial charge in [0, 0.05) is 44.6 Å². The number of hydrogen-bond acceptors (Lipinski definition) is 5. The Morgan fingerprint density at radius 2 is 2.03 bits per heavy atom. The monoisotopic (exact) mass is 400 g/mol. The second-order valence-corrected chi connectivity index (χ2v) is 8.95. The van der Waals surface area contributed by atoms with Crippen LogP contribution in [0, 0.1) is 11.3 Å². The molecule has 1 aliphatic carbocycles. The Hall–Kier alpha value is -1.50. The molecule has 3 fully saturated rings. The van der Waals surface area contributed by atoms with Crippen molar-refractivity contribution in [3.8, 4) is 0 Å². The second kappa shape index (κ2) is 9.54. The number of hydrogen-bond donors (Lipinski definition) is 1. The Balaban J connectivity index is 1.41. The van der Waals surface area contributed by atoms with Crippen molar-refractivity contribution in [1.29, 1.82) is 0 Å². The van der Waals surface area contributed by atoms with Crippen LogP contribution in [-0.4, -0.2) is 79.2 Å². The first-order chi connectivity index (χ1) is 14.2. The highest BCUT2D eigenvalue weighted by Gasteiger charge is 2.52. The van der Waals surface area contributed by atoms with E-state index in [1.165, 1.54) is 5.56 Å². The first-order valence-electron chi connectivity index (χ1n) is 11.4. The van der Waals surface area contributed by atoms with Crippen molar-refractivity contribution in [2.45, 2.75) is 45.1 Å². The molecule has 1 aromatic rings. The van der Waals surface area contributed by atoms with Gasteiger partial charge in [0.15, 0.2) is 0 Å². The van der Waals surface area contributed by atoms with Crippen LogP contribution in [0.25, 0.3) is 0 Å². The van der Waals surface area contributed by atoms with Crippen LogP contribution in [0.15, 0.2) is 24.5 Å². The fourth-order valence-corrected chi connectivity index (χ4v) is 5.68. The molecule has 160 valence electrons. The highest BCUT2D eigenvalue weighted by molar-refractivity contribution is 5.83. The number of nitrogens with zero attached hydrogens (tertiary/aromatic N) is 3. The molecule has 0 bridgehead atoms. The zero-order valence-electron chi connectivity index (χ0n) is 17.8. The summed E-state index contributed by atoms with van der Waals surface area (Å²) in [6, 6.07) is 4.68. The van der Waals surface area contributed by atoms with Crippen molar-refractivity contribution in [2.75, 3.05) is 52.5 Å². The molecule has 4 rings (SSSR count). The zero-order valence-corrected chi connectivity index (χ0v) is 17.8. The minimum Gasteiger partial charge on any atom is -0.379 e. The van der Waals surface area contributed by atoms with Gasteiger partial charge in [0.2, 0.25) is 5.91 Å².